The van der Waals surface area contributed by atoms with E-state index in [-0.39, 0.29) is 12.2 Å². The van der Waals surface area contributed by atoms with E-state index in [1.54, 1.807) is 31.2 Å². The first-order chi connectivity index (χ1) is 12.0. The van der Waals surface area contributed by atoms with E-state index in [2.05, 4.69) is 10.9 Å². The molecule has 0 atom stereocenters. The molecule has 0 aromatic heterocycles. The monoisotopic (exact) mass is 346 g/mol. The summed E-state index contributed by atoms with van der Waals surface area (Å²) in [5.74, 6) is -0.729. The maximum atomic E-state index is 13.4. The first kappa shape index (κ1) is 18.3. The van der Waals surface area contributed by atoms with Crippen molar-refractivity contribution < 1.29 is 23.5 Å². The van der Waals surface area contributed by atoms with E-state index in [1.165, 1.54) is 12.1 Å². The van der Waals surface area contributed by atoms with Gasteiger partial charge in [0.25, 0.3) is 11.8 Å². The molecule has 0 aliphatic rings. The highest BCUT2D eigenvalue weighted by Crippen LogP contribution is 2.26. The Balaban J connectivity index is 1.84. The number of halogens is 1. The Morgan fingerprint density at radius 2 is 1.72 bits per heavy atom. The SMILES string of the molecule is CCOc1ccccc1OCC(=O)NNC(=O)c1ccc(C)c(F)c1. The van der Waals surface area contributed by atoms with Crippen molar-refractivity contribution in [2.45, 2.75) is 13.8 Å². The van der Waals surface area contributed by atoms with Gasteiger partial charge in [-0.05, 0) is 43.7 Å². The second kappa shape index (κ2) is 8.68. The summed E-state index contributed by atoms with van der Waals surface area (Å²) < 4.78 is 24.2. The summed E-state index contributed by atoms with van der Waals surface area (Å²) in [6.45, 7) is 3.59. The summed E-state index contributed by atoms with van der Waals surface area (Å²) in [6.07, 6.45) is 0. The van der Waals surface area contributed by atoms with Crippen LogP contribution in [0.5, 0.6) is 11.5 Å². The van der Waals surface area contributed by atoms with Crippen molar-refractivity contribution >= 4 is 11.8 Å². The predicted molar refractivity (Wildman–Crippen MR) is 89.9 cm³/mol. The summed E-state index contributed by atoms with van der Waals surface area (Å²) >= 11 is 0. The molecular formula is C18H19FN2O4. The van der Waals surface area contributed by atoms with E-state index in [9.17, 15) is 14.0 Å². The van der Waals surface area contributed by atoms with Crippen LogP contribution in [0.25, 0.3) is 0 Å². The molecule has 2 aromatic rings. The molecule has 6 nitrogen and oxygen atoms in total. The van der Waals surface area contributed by atoms with E-state index in [0.717, 1.165) is 6.07 Å². The average molecular weight is 346 g/mol. The standard InChI is InChI=1S/C18H19FN2O4/c1-3-24-15-6-4-5-7-16(15)25-11-17(22)20-21-18(23)13-9-8-12(2)14(19)10-13/h4-10H,3,11H2,1-2H3,(H,20,22)(H,21,23). The molecule has 0 aliphatic carbocycles. The van der Waals surface area contributed by atoms with Gasteiger partial charge >= 0.3 is 0 Å². The molecule has 0 saturated heterocycles. The molecule has 0 fully saturated rings. The lowest BCUT2D eigenvalue weighted by Gasteiger charge is -2.12. The summed E-state index contributed by atoms with van der Waals surface area (Å²) in [5.41, 5.74) is 4.95. The van der Waals surface area contributed by atoms with Gasteiger partial charge in [0.05, 0.1) is 6.61 Å². The Kier molecular flexibility index (Phi) is 6.33. The van der Waals surface area contributed by atoms with Crippen molar-refractivity contribution in [1.29, 1.82) is 0 Å². The van der Waals surface area contributed by atoms with Crippen LogP contribution in [0, 0.1) is 12.7 Å². The highest BCUT2D eigenvalue weighted by molar-refractivity contribution is 5.95. The molecule has 0 heterocycles. The average Bonchev–Trinajstić information content (AvgIpc) is 2.61. The van der Waals surface area contributed by atoms with Crippen LogP contribution < -0.4 is 20.3 Å². The molecular weight excluding hydrogens is 327 g/mol. The van der Waals surface area contributed by atoms with E-state index < -0.39 is 17.6 Å². The van der Waals surface area contributed by atoms with Gasteiger partial charge in [-0.2, -0.15) is 0 Å². The van der Waals surface area contributed by atoms with Crippen LogP contribution in [0.2, 0.25) is 0 Å². The second-order valence-corrected chi connectivity index (χ2v) is 5.13. The topological polar surface area (TPSA) is 76.7 Å². The van der Waals surface area contributed by atoms with Crippen LogP contribution >= 0.6 is 0 Å². The van der Waals surface area contributed by atoms with Gasteiger partial charge in [0.2, 0.25) is 0 Å². The Morgan fingerprint density at radius 3 is 2.36 bits per heavy atom. The molecule has 2 aromatic carbocycles. The third kappa shape index (κ3) is 5.20. The van der Waals surface area contributed by atoms with Crippen LogP contribution in [0.3, 0.4) is 0 Å². The lowest BCUT2D eigenvalue weighted by atomic mass is 10.1. The molecule has 0 spiro atoms. The van der Waals surface area contributed by atoms with Crippen LogP contribution in [-0.4, -0.2) is 25.0 Å². The summed E-state index contributed by atoms with van der Waals surface area (Å²) in [4.78, 5) is 23.6. The van der Waals surface area contributed by atoms with Gasteiger partial charge in [0, 0.05) is 5.56 Å². The summed E-state index contributed by atoms with van der Waals surface area (Å²) in [6, 6.07) is 11.0. The number of carbonyl (C=O) groups is 2. The number of para-hydroxylation sites is 2. The Hall–Kier alpha value is -3.09. The third-order valence-corrected chi connectivity index (χ3v) is 3.26. The maximum Gasteiger partial charge on any atom is 0.276 e. The highest BCUT2D eigenvalue weighted by Gasteiger charge is 2.11. The summed E-state index contributed by atoms with van der Waals surface area (Å²) in [5, 5.41) is 0. The van der Waals surface area contributed by atoms with Gasteiger partial charge in [-0.25, -0.2) is 4.39 Å². The molecule has 0 aliphatic heterocycles. The Labute approximate surface area is 144 Å². The van der Waals surface area contributed by atoms with Crippen molar-refractivity contribution in [3.8, 4) is 11.5 Å². The van der Waals surface area contributed by atoms with Gasteiger partial charge in [0.1, 0.15) is 5.82 Å². The molecule has 132 valence electrons. The second-order valence-electron chi connectivity index (χ2n) is 5.13. The molecule has 0 radical (unpaired) electrons. The van der Waals surface area contributed by atoms with Gasteiger partial charge in [-0.1, -0.05) is 18.2 Å². The van der Waals surface area contributed by atoms with E-state index in [4.69, 9.17) is 9.47 Å². The van der Waals surface area contributed by atoms with E-state index in [1.807, 2.05) is 6.92 Å². The third-order valence-electron chi connectivity index (χ3n) is 3.26. The lowest BCUT2D eigenvalue weighted by Crippen LogP contribution is -2.43. The number of ether oxygens (including phenoxy) is 2. The van der Waals surface area contributed by atoms with Gasteiger partial charge in [-0.3, -0.25) is 20.4 Å². The smallest absolute Gasteiger partial charge is 0.276 e. The first-order valence-corrected chi connectivity index (χ1v) is 7.71. The fourth-order valence-electron chi connectivity index (χ4n) is 1.96. The zero-order valence-corrected chi connectivity index (χ0v) is 14.0. The number of amides is 2. The Morgan fingerprint density at radius 1 is 1.04 bits per heavy atom. The molecule has 2 rings (SSSR count). The molecule has 25 heavy (non-hydrogen) atoms. The predicted octanol–water partition coefficient (Wildman–Crippen LogP) is 2.37. The molecule has 0 bridgehead atoms. The number of carbonyl (C=O) groups excluding carboxylic acids is 2. The number of aryl methyl sites for hydroxylation is 1. The molecule has 0 unspecified atom stereocenters. The lowest BCUT2D eigenvalue weighted by molar-refractivity contribution is -0.123. The molecule has 2 N–H and O–H groups in total. The summed E-state index contributed by atoms with van der Waals surface area (Å²) in [7, 11) is 0. The number of benzene rings is 2. The minimum atomic E-state index is -0.623. The minimum Gasteiger partial charge on any atom is -0.490 e. The maximum absolute atomic E-state index is 13.4. The normalized spacial score (nSPS) is 10.0. The number of nitrogens with one attached hydrogen (secondary N) is 2. The van der Waals surface area contributed by atoms with Gasteiger partial charge < -0.3 is 9.47 Å². The van der Waals surface area contributed by atoms with Gasteiger partial charge in [-0.15, -0.1) is 0 Å². The van der Waals surface area contributed by atoms with Crippen LogP contribution in [0.1, 0.15) is 22.8 Å². The zero-order valence-electron chi connectivity index (χ0n) is 14.0. The molecule has 7 heteroatoms. The van der Waals surface area contributed by atoms with Crippen molar-refractivity contribution in [2.75, 3.05) is 13.2 Å². The highest BCUT2D eigenvalue weighted by atomic mass is 19.1. The Bertz CT molecular complexity index is 764. The van der Waals surface area contributed by atoms with Crippen LogP contribution in [0.4, 0.5) is 4.39 Å². The minimum absolute atomic E-state index is 0.103. The van der Waals surface area contributed by atoms with Crippen molar-refractivity contribution in [1.82, 2.24) is 10.9 Å². The fraction of sp³-hybridized carbons (Fsp3) is 0.222. The van der Waals surface area contributed by atoms with Crippen LogP contribution in [0.15, 0.2) is 42.5 Å². The largest absolute Gasteiger partial charge is 0.490 e. The molecule has 2 amide bonds. The zero-order chi connectivity index (χ0) is 18.2. The molecule has 0 saturated carbocycles. The van der Waals surface area contributed by atoms with Crippen molar-refractivity contribution in [3.05, 3.63) is 59.4 Å². The number of hydrazine groups is 1. The fourth-order valence-corrected chi connectivity index (χ4v) is 1.96. The van der Waals surface area contributed by atoms with Crippen molar-refractivity contribution in [3.63, 3.8) is 0 Å². The van der Waals surface area contributed by atoms with Crippen molar-refractivity contribution in [2.24, 2.45) is 0 Å². The number of hydrogen-bond donors (Lipinski definition) is 2. The van der Waals surface area contributed by atoms with E-state index in [0.29, 0.717) is 23.7 Å². The van der Waals surface area contributed by atoms with E-state index >= 15 is 0 Å². The first-order valence-electron chi connectivity index (χ1n) is 7.71. The quantitative estimate of drug-likeness (QED) is 0.788. The van der Waals surface area contributed by atoms with Gasteiger partial charge in [0.15, 0.2) is 18.1 Å². The van der Waals surface area contributed by atoms with Crippen LogP contribution in [-0.2, 0) is 4.79 Å². The number of rotatable bonds is 6. The number of hydrogen-bond acceptors (Lipinski definition) is 4.